The van der Waals surface area contributed by atoms with Gasteiger partial charge >= 0.3 is 17.1 Å². The van der Waals surface area contributed by atoms with Crippen LogP contribution < -0.4 is 0 Å². The van der Waals surface area contributed by atoms with Gasteiger partial charge in [-0.15, -0.1) is 0 Å². The molecule has 0 bridgehead atoms. The fourth-order valence-corrected chi connectivity index (χ4v) is 24.4. The summed E-state index contributed by atoms with van der Waals surface area (Å²) in [5.41, 5.74) is 1.33. The van der Waals surface area contributed by atoms with E-state index in [1.807, 2.05) is 0 Å². The van der Waals surface area contributed by atoms with Gasteiger partial charge in [0.2, 0.25) is 0 Å². The normalized spacial score (nSPS) is 17.8. The molecule has 0 aliphatic carbocycles. The number of hydrogen-bond acceptors (Lipinski definition) is 4. The van der Waals surface area contributed by atoms with Crippen molar-refractivity contribution in [1.29, 1.82) is 0 Å². The number of hydrogen-bond donors (Lipinski definition) is 0. The zero-order chi connectivity index (χ0) is 21.8. The summed E-state index contributed by atoms with van der Waals surface area (Å²) in [6.07, 6.45) is 0. The van der Waals surface area contributed by atoms with E-state index in [1.54, 1.807) is 0 Å². The molecule has 0 saturated carbocycles. The van der Waals surface area contributed by atoms with E-state index >= 15 is 0 Å². The molecule has 0 aromatic heterocycles. The molecule has 0 aliphatic rings. The molecule has 1 aromatic rings. The van der Waals surface area contributed by atoms with Gasteiger partial charge in [0.05, 0.1) is 0 Å². The van der Waals surface area contributed by atoms with Crippen LogP contribution in [-0.2, 0) is 16.5 Å². The van der Waals surface area contributed by atoms with Crippen LogP contribution in [0.4, 0.5) is 0 Å². The summed E-state index contributed by atoms with van der Waals surface area (Å²) in [5, 5.41) is 0. The SMILES string of the molecule is CC(C[Si](C)(O[SiH](C)O[Si](C)(C)C)O[Si](C)(C)O[Si](C)(C)C)c1ccccc1. The van der Waals surface area contributed by atoms with Crippen molar-refractivity contribution in [3.05, 3.63) is 35.9 Å². The van der Waals surface area contributed by atoms with Crippen LogP contribution in [0.25, 0.3) is 0 Å². The average molecular weight is 475 g/mol. The van der Waals surface area contributed by atoms with Crippen LogP contribution >= 0.6 is 0 Å². The van der Waals surface area contributed by atoms with Crippen molar-refractivity contribution in [1.82, 2.24) is 0 Å². The van der Waals surface area contributed by atoms with Crippen LogP contribution in [0.15, 0.2) is 30.3 Å². The molecule has 1 rings (SSSR count). The standard InChI is InChI=1S/C19H42O4Si5/c1-18(19-15-13-12-14-16-19)17-28(11,21-24(2)20-25(3,4)5)23-27(9,10)22-26(6,7)8/h12-16,18,24H,17H2,1-11H3. The van der Waals surface area contributed by atoms with Gasteiger partial charge in [-0.1, -0.05) is 37.3 Å². The van der Waals surface area contributed by atoms with Crippen molar-refractivity contribution >= 4 is 43.0 Å². The second kappa shape index (κ2) is 9.97. The van der Waals surface area contributed by atoms with Gasteiger partial charge in [0.15, 0.2) is 16.6 Å². The highest BCUT2D eigenvalue weighted by atomic mass is 28.5. The molecule has 3 atom stereocenters. The lowest BCUT2D eigenvalue weighted by Gasteiger charge is -2.41. The molecule has 0 N–H and O–H groups in total. The predicted molar refractivity (Wildman–Crippen MR) is 133 cm³/mol. The van der Waals surface area contributed by atoms with E-state index in [1.165, 1.54) is 5.56 Å². The molecule has 0 amide bonds. The molecule has 4 nitrogen and oxygen atoms in total. The highest BCUT2D eigenvalue weighted by molar-refractivity contribution is 6.88. The number of benzene rings is 1. The molecule has 0 radical (unpaired) electrons. The van der Waals surface area contributed by atoms with Gasteiger partial charge < -0.3 is 16.5 Å². The minimum Gasteiger partial charge on any atom is -0.439 e. The summed E-state index contributed by atoms with van der Waals surface area (Å²) in [7, 11) is -9.85. The zero-order valence-corrected chi connectivity index (χ0v) is 25.0. The Bertz CT molecular complexity index is 601. The average Bonchev–Trinajstić information content (AvgIpc) is 2.41. The summed E-state index contributed by atoms with van der Waals surface area (Å²) in [6.45, 7) is 24.3. The van der Waals surface area contributed by atoms with E-state index in [4.69, 9.17) is 16.5 Å². The summed E-state index contributed by atoms with van der Waals surface area (Å²) in [5.74, 6) is 0.377. The third-order valence-electron chi connectivity index (χ3n) is 3.99. The molecule has 9 heteroatoms. The van der Waals surface area contributed by atoms with Crippen LogP contribution in [0.2, 0.25) is 71.5 Å². The first kappa shape index (κ1) is 26.2. The topological polar surface area (TPSA) is 36.9 Å². The lowest BCUT2D eigenvalue weighted by atomic mass is 10.0. The molecular weight excluding hydrogens is 433 g/mol. The molecule has 162 valence electrons. The minimum absolute atomic E-state index is 0.377. The summed E-state index contributed by atoms with van der Waals surface area (Å²) in [4.78, 5) is 0. The van der Waals surface area contributed by atoms with Gasteiger partial charge in [-0.25, -0.2) is 0 Å². The quantitative estimate of drug-likeness (QED) is 0.360. The Kier molecular flexibility index (Phi) is 9.32. The van der Waals surface area contributed by atoms with E-state index in [2.05, 4.69) is 103 Å². The molecule has 0 aliphatic heterocycles. The monoisotopic (exact) mass is 474 g/mol. The fourth-order valence-electron chi connectivity index (χ4n) is 3.72. The summed E-state index contributed by atoms with van der Waals surface area (Å²) < 4.78 is 26.3. The molecule has 28 heavy (non-hydrogen) atoms. The van der Waals surface area contributed by atoms with E-state index < -0.39 is 43.0 Å². The maximum atomic E-state index is 6.82. The molecular formula is C19H42O4Si5. The molecule has 0 fully saturated rings. The Morgan fingerprint density at radius 1 is 0.786 bits per heavy atom. The van der Waals surface area contributed by atoms with Gasteiger partial charge in [-0.05, 0) is 83.0 Å². The second-order valence-corrected chi connectivity index (χ2v) is 28.9. The first-order chi connectivity index (χ1) is 12.5. The largest absolute Gasteiger partial charge is 0.439 e. The molecule has 1 aromatic carbocycles. The maximum absolute atomic E-state index is 6.82. The van der Waals surface area contributed by atoms with Crippen LogP contribution in [0.1, 0.15) is 18.4 Å². The Labute approximate surface area is 179 Å². The Hall–Kier alpha value is 0.144. The van der Waals surface area contributed by atoms with Crippen molar-refractivity contribution in [2.45, 2.75) is 84.4 Å². The molecule has 0 saturated heterocycles. The van der Waals surface area contributed by atoms with Gasteiger partial charge in [0.1, 0.15) is 0 Å². The van der Waals surface area contributed by atoms with E-state index in [0.29, 0.717) is 5.92 Å². The highest BCUT2D eigenvalue weighted by Crippen LogP contribution is 2.32. The van der Waals surface area contributed by atoms with Crippen molar-refractivity contribution < 1.29 is 16.5 Å². The van der Waals surface area contributed by atoms with Crippen molar-refractivity contribution in [2.75, 3.05) is 0 Å². The number of rotatable bonds is 11. The Morgan fingerprint density at radius 3 is 1.79 bits per heavy atom. The molecule has 0 heterocycles. The van der Waals surface area contributed by atoms with Gasteiger partial charge in [-0.3, -0.25) is 0 Å². The van der Waals surface area contributed by atoms with E-state index in [0.717, 1.165) is 6.04 Å². The first-order valence-corrected chi connectivity index (χ1v) is 24.6. The smallest absolute Gasteiger partial charge is 0.317 e. The minimum atomic E-state index is -2.48. The maximum Gasteiger partial charge on any atom is 0.317 e. The first-order valence-electron chi connectivity index (χ1n) is 10.3. The molecule has 3 unspecified atom stereocenters. The van der Waals surface area contributed by atoms with Crippen LogP contribution in [-0.4, -0.2) is 43.0 Å². The lowest BCUT2D eigenvalue weighted by molar-refractivity contribution is 0.303. The van der Waals surface area contributed by atoms with Gasteiger partial charge in [0.25, 0.3) is 9.28 Å². The van der Waals surface area contributed by atoms with Crippen LogP contribution in [0.5, 0.6) is 0 Å². The predicted octanol–water partition coefficient (Wildman–Crippen LogP) is 6.15. The van der Waals surface area contributed by atoms with E-state index in [-0.39, 0.29) is 0 Å². The summed E-state index contributed by atoms with van der Waals surface area (Å²) >= 11 is 0. The Balaban J connectivity index is 3.04. The summed E-state index contributed by atoms with van der Waals surface area (Å²) in [6, 6.07) is 11.6. The Morgan fingerprint density at radius 2 is 1.32 bits per heavy atom. The van der Waals surface area contributed by atoms with Crippen molar-refractivity contribution in [3.8, 4) is 0 Å². The van der Waals surface area contributed by atoms with Crippen LogP contribution in [0.3, 0.4) is 0 Å². The molecule has 0 spiro atoms. The van der Waals surface area contributed by atoms with E-state index in [9.17, 15) is 0 Å². The fraction of sp³-hybridized carbons (Fsp3) is 0.684. The van der Waals surface area contributed by atoms with Gasteiger partial charge in [-0.2, -0.15) is 0 Å². The highest BCUT2D eigenvalue weighted by Gasteiger charge is 2.44. The van der Waals surface area contributed by atoms with Gasteiger partial charge in [0, 0.05) is 0 Å². The second-order valence-electron chi connectivity index (χ2n) is 10.3. The van der Waals surface area contributed by atoms with Crippen molar-refractivity contribution in [2.24, 2.45) is 0 Å². The van der Waals surface area contributed by atoms with Crippen molar-refractivity contribution in [3.63, 3.8) is 0 Å². The lowest BCUT2D eigenvalue weighted by Crippen LogP contribution is -2.56. The third-order valence-corrected chi connectivity index (χ3v) is 20.9. The zero-order valence-electron chi connectivity index (χ0n) is 19.9. The third kappa shape index (κ3) is 10.8. The van der Waals surface area contributed by atoms with Crippen LogP contribution in [0, 0.1) is 0 Å².